The molecule has 0 saturated heterocycles. The van der Waals surface area contributed by atoms with E-state index in [0.717, 1.165) is 4.90 Å². The van der Waals surface area contributed by atoms with Gasteiger partial charge in [-0.3, -0.25) is 9.59 Å². The lowest BCUT2D eigenvalue weighted by Gasteiger charge is -2.22. The second kappa shape index (κ2) is 12.8. The minimum Gasteiger partial charge on any atom is -0.494 e. The van der Waals surface area contributed by atoms with Crippen molar-refractivity contribution in [2.75, 3.05) is 30.4 Å². The van der Waals surface area contributed by atoms with E-state index in [1.54, 1.807) is 30.3 Å². The van der Waals surface area contributed by atoms with Crippen LogP contribution < -0.4 is 9.64 Å². The van der Waals surface area contributed by atoms with Crippen molar-refractivity contribution in [1.29, 1.82) is 5.26 Å². The quantitative estimate of drug-likeness (QED) is 0.367. The molecule has 0 radical (unpaired) electrons. The Morgan fingerprint density at radius 2 is 1.90 bits per heavy atom. The molecule has 0 bridgehead atoms. The van der Waals surface area contributed by atoms with Crippen LogP contribution >= 0.6 is 23.4 Å². The van der Waals surface area contributed by atoms with E-state index < -0.39 is 5.97 Å². The number of benzene rings is 2. The van der Waals surface area contributed by atoms with Gasteiger partial charge in [0.1, 0.15) is 5.75 Å². The minimum atomic E-state index is -0.463. The third-order valence-corrected chi connectivity index (χ3v) is 5.48. The first kappa shape index (κ1) is 23.6. The number of amides is 1. The van der Waals surface area contributed by atoms with Crippen molar-refractivity contribution in [3.05, 3.63) is 53.6 Å². The van der Waals surface area contributed by atoms with E-state index >= 15 is 0 Å². The first-order chi connectivity index (χ1) is 14.5. The molecule has 0 heterocycles. The molecule has 0 fully saturated rings. The second-order valence-electron chi connectivity index (χ2n) is 6.07. The van der Waals surface area contributed by atoms with Gasteiger partial charge < -0.3 is 14.4 Å². The van der Waals surface area contributed by atoms with E-state index in [9.17, 15) is 9.59 Å². The van der Waals surface area contributed by atoms with Gasteiger partial charge in [-0.05, 0) is 43.3 Å². The number of carbonyl (C=O) groups is 2. The van der Waals surface area contributed by atoms with E-state index in [4.69, 9.17) is 26.3 Å². The molecule has 0 aliphatic rings. The third kappa shape index (κ3) is 7.62. The highest BCUT2D eigenvalue weighted by Crippen LogP contribution is 2.27. The predicted molar refractivity (Wildman–Crippen MR) is 118 cm³/mol. The Labute approximate surface area is 185 Å². The zero-order valence-electron chi connectivity index (χ0n) is 16.7. The van der Waals surface area contributed by atoms with Gasteiger partial charge in [0, 0.05) is 22.9 Å². The monoisotopic (exact) mass is 446 g/mol. The normalized spacial score (nSPS) is 10.2. The molecule has 2 aromatic carbocycles. The van der Waals surface area contributed by atoms with Crippen LogP contribution in [0.25, 0.3) is 0 Å². The highest BCUT2D eigenvalue weighted by molar-refractivity contribution is 7.99. The highest BCUT2D eigenvalue weighted by atomic mass is 35.5. The molecule has 0 atom stereocenters. The first-order valence-electron chi connectivity index (χ1n) is 9.48. The third-order valence-electron chi connectivity index (χ3n) is 3.96. The standard InChI is InChI=1S/C22H23ClN2O4S/c1-2-28-18-10-8-17(9-11-18)25(14-5-13-24)21(26)16-29-22(27)12-15-30-20-7-4-3-6-19(20)23/h3-4,6-11H,2,5,12,14-16H2,1H3. The number of hydrogen-bond acceptors (Lipinski definition) is 6. The van der Waals surface area contributed by atoms with E-state index in [0.29, 0.717) is 28.8 Å². The summed E-state index contributed by atoms with van der Waals surface area (Å²) in [6.45, 7) is 2.26. The maximum absolute atomic E-state index is 12.6. The Hall–Kier alpha value is -2.69. The number of nitrogens with zero attached hydrogens (tertiary/aromatic N) is 2. The van der Waals surface area contributed by atoms with Gasteiger partial charge in [-0.2, -0.15) is 5.26 Å². The second-order valence-corrected chi connectivity index (χ2v) is 7.61. The number of ether oxygens (including phenoxy) is 2. The van der Waals surface area contributed by atoms with E-state index in [-0.39, 0.29) is 31.9 Å². The summed E-state index contributed by atoms with van der Waals surface area (Å²) in [5, 5.41) is 9.52. The van der Waals surface area contributed by atoms with Crippen LogP contribution in [0, 0.1) is 11.3 Å². The number of anilines is 1. The summed E-state index contributed by atoms with van der Waals surface area (Å²) in [6, 6.07) is 16.4. The molecule has 0 aromatic heterocycles. The lowest BCUT2D eigenvalue weighted by atomic mass is 10.2. The van der Waals surface area contributed by atoms with Gasteiger partial charge in [0.2, 0.25) is 0 Å². The summed E-state index contributed by atoms with van der Waals surface area (Å²) in [5.41, 5.74) is 0.615. The van der Waals surface area contributed by atoms with Gasteiger partial charge in [0.25, 0.3) is 5.91 Å². The summed E-state index contributed by atoms with van der Waals surface area (Å²) in [4.78, 5) is 26.9. The number of thioether (sulfide) groups is 1. The van der Waals surface area contributed by atoms with Crippen molar-refractivity contribution in [3.8, 4) is 11.8 Å². The topological polar surface area (TPSA) is 79.6 Å². The van der Waals surface area contributed by atoms with Crippen LogP contribution in [0.2, 0.25) is 5.02 Å². The molecule has 0 aliphatic carbocycles. The predicted octanol–water partition coefficient (Wildman–Crippen LogP) is 4.71. The Bertz CT molecular complexity index is 883. The van der Waals surface area contributed by atoms with Crippen molar-refractivity contribution in [3.63, 3.8) is 0 Å². The molecule has 8 heteroatoms. The zero-order chi connectivity index (χ0) is 21.8. The molecule has 30 heavy (non-hydrogen) atoms. The van der Waals surface area contributed by atoms with Crippen LogP contribution in [0.15, 0.2) is 53.4 Å². The number of nitriles is 1. The van der Waals surface area contributed by atoms with Gasteiger partial charge in [-0.25, -0.2) is 0 Å². The van der Waals surface area contributed by atoms with Gasteiger partial charge >= 0.3 is 5.97 Å². The summed E-state index contributed by atoms with van der Waals surface area (Å²) in [6.07, 6.45) is 0.325. The first-order valence-corrected chi connectivity index (χ1v) is 10.8. The number of rotatable bonds is 11. The van der Waals surface area contributed by atoms with Crippen molar-refractivity contribution >= 4 is 40.9 Å². The number of halogens is 1. The Balaban J connectivity index is 1.86. The largest absolute Gasteiger partial charge is 0.494 e. The summed E-state index contributed by atoms with van der Waals surface area (Å²) in [7, 11) is 0. The molecule has 158 valence electrons. The zero-order valence-corrected chi connectivity index (χ0v) is 18.2. The lowest BCUT2D eigenvalue weighted by Crippen LogP contribution is -2.35. The Kier molecular flexibility index (Phi) is 10.1. The van der Waals surface area contributed by atoms with Gasteiger partial charge in [0.05, 0.1) is 30.5 Å². The van der Waals surface area contributed by atoms with E-state index in [2.05, 4.69) is 0 Å². The number of carbonyl (C=O) groups excluding carboxylic acids is 2. The average molecular weight is 447 g/mol. The van der Waals surface area contributed by atoms with E-state index in [1.165, 1.54) is 16.7 Å². The summed E-state index contributed by atoms with van der Waals surface area (Å²) < 4.78 is 10.5. The van der Waals surface area contributed by atoms with Crippen molar-refractivity contribution in [1.82, 2.24) is 0 Å². The Morgan fingerprint density at radius 3 is 2.57 bits per heavy atom. The molecule has 2 rings (SSSR count). The van der Waals surface area contributed by atoms with Crippen LogP contribution in [-0.2, 0) is 14.3 Å². The van der Waals surface area contributed by atoms with Gasteiger partial charge in [-0.1, -0.05) is 23.7 Å². The van der Waals surface area contributed by atoms with Crippen molar-refractivity contribution < 1.29 is 19.1 Å². The highest BCUT2D eigenvalue weighted by Gasteiger charge is 2.18. The smallest absolute Gasteiger partial charge is 0.307 e. The number of hydrogen-bond donors (Lipinski definition) is 0. The van der Waals surface area contributed by atoms with Gasteiger partial charge in [-0.15, -0.1) is 11.8 Å². The van der Waals surface area contributed by atoms with Gasteiger partial charge in [0.15, 0.2) is 6.61 Å². The fourth-order valence-corrected chi connectivity index (χ4v) is 3.72. The van der Waals surface area contributed by atoms with Crippen LogP contribution in [0.1, 0.15) is 19.8 Å². The van der Waals surface area contributed by atoms with E-state index in [1.807, 2.05) is 31.2 Å². The Morgan fingerprint density at radius 1 is 1.17 bits per heavy atom. The molecular weight excluding hydrogens is 424 g/mol. The van der Waals surface area contributed by atoms with Crippen LogP contribution in [-0.4, -0.2) is 37.4 Å². The molecule has 0 N–H and O–H groups in total. The molecule has 0 spiro atoms. The molecule has 1 amide bonds. The van der Waals surface area contributed by atoms with Crippen molar-refractivity contribution in [2.24, 2.45) is 0 Å². The SMILES string of the molecule is CCOc1ccc(N(CCC#N)C(=O)COC(=O)CCSc2ccccc2Cl)cc1. The minimum absolute atomic E-state index is 0.157. The molecule has 6 nitrogen and oxygen atoms in total. The maximum atomic E-state index is 12.6. The molecular formula is C22H23ClN2O4S. The fraction of sp³-hybridized carbons (Fsp3) is 0.318. The average Bonchev–Trinajstić information content (AvgIpc) is 2.75. The van der Waals surface area contributed by atoms with Crippen LogP contribution in [0.5, 0.6) is 5.75 Å². The molecule has 2 aromatic rings. The van der Waals surface area contributed by atoms with Crippen LogP contribution in [0.3, 0.4) is 0 Å². The number of esters is 1. The fourth-order valence-electron chi connectivity index (χ4n) is 2.55. The molecule has 0 saturated carbocycles. The van der Waals surface area contributed by atoms with Crippen LogP contribution in [0.4, 0.5) is 5.69 Å². The molecule has 0 unspecified atom stereocenters. The van der Waals surface area contributed by atoms with Crippen molar-refractivity contribution in [2.45, 2.75) is 24.7 Å². The maximum Gasteiger partial charge on any atom is 0.307 e. The molecule has 0 aliphatic heterocycles. The summed E-state index contributed by atoms with van der Waals surface area (Å²) in [5.74, 6) is 0.334. The lowest BCUT2D eigenvalue weighted by molar-refractivity contribution is -0.147. The summed E-state index contributed by atoms with van der Waals surface area (Å²) >= 11 is 7.54.